The number of sulfonamides is 1. The van der Waals surface area contributed by atoms with Crippen molar-refractivity contribution < 1.29 is 37.1 Å². The molecule has 4 rings (SSSR count). The van der Waals surface area contributed by atoms with Crippen LogP contribution in [0.25, 0.3) is 0 Å². The topological polar surface area (TPSA) is 164 Å². The van der Waals surface area contributed by atoms with E-state index in [4.69, 9.17) is 14.5 Å². The van der Waals surface area contributed by atoms with Gasteiger partial charge in [0, 0.05) is 38.3 Å². The molecule has 274 valence electrons. The van der Waals surface area contributed by atoms with E-state index in [1.54, 1.807) is 30.0 Å². The molecule has 1 atom stereocenters. The van der Waals surface area contributed by atoms with Gasteiger partial charge in [-0.05, 0) is 95.5 Å². The second kappa shape index (κ2) is 17.3. The van der Waals surface area contributed by atoms with Crippen molar-refractivity contribution in [3.63, 3.8) is 0 Å². The summed E-state index contributed by atoms with van der Waals surface area (Å²) in [4.78, 5) is 57.4. The molecule has 1 aromatic heterocycles. The van der Waals surface area contributed by atoms with Crippen LogP contribution in [0.4, 0.5) is 10.6 Å². The number of nitrogens with zero attached hydrogens (tertiary/aromatic N) is 3. The number of rotatable bonds is 15. The fraction of sp³-hybridized carbons (Fsp3) is 0.583. The number of amides is 3. The van der Waals surface area contributed by atoms with Gasteiger partial charge in [-0.3, -0.25) is 19.3 Å². The number of pyridine rings is 1. The van der Waals surface area contributed by atoms with Crippen LogP contribution in [-0.4, -0.2) is 86.0 Å². The fourth-order valence-corrected chi connectivity index (χ4v) is 7.42. The first-order chi connectivity index (χ1) is 23.7. The molecular formula is C36H51N5O8S. The van der Waals surface area contributed by atoms with E-state index in [2.05, 4.69) is 10.6 Å². The van der Waals surface area contributed by atoms with E-state index in [-0.39, 0.29) is 55.8 Å². The SMILES string of the molecule is CCOC(=O)CC(CNC(=O)CCCCc1ccc2c(n1)N(C(=O)OC(C)(C)C)CCC2)NC(=O)C1CN(S(=O)(=O)c2cccc(CC)c2)C1. The third-order valence-corrected chi connectivity index (χ3v) is 10.4. The van der Waals surface area contributed by atoms with Crippen molar-refractivity contribution in [1.29, 1.82) is 0 Å². The summed E-state index contributed by atoms with van der Waals surface area (Å²) in [6, 6.07) is 10.0. The molecule has 2 aliphatic rings. The highest BCUT2D eigenvalue weighted by atomic mass is 32.2. The molecule has 0 aliphatic carbocycles. The molecule has 2 aromatic rings. The van der Waals surface area contributed by atoms with Gasteiger partial charge < -0.3 is 20.1 Å². The summed E-state index contributed by atoms with van der Waals surface area (Å²) >= 11 is 0. The van der Waals surface area contributed by atoms with Gasteiger partial charge >= 0.3 is 12.1 Å². The monoisotopic (exact) mass is 713 g/mol. The van der Waals surface area contributed by atoms with Crippen molar-refractivity contribution in [2.24, 2.45) is 5.92 Å². The Labute approximate surface area is 295 Å². The van der Waals surface area contributed by atoms with Crippen LogP contribution < -0.4 is 15.5 Å². The summed E-state index contributed by atoms with van der Waals surface area (Å²) in [5.41, 5.74) is 2.13. The van der Waals surface area contributed by atoms with E-state index in [0.717, 1.165) is 29.7 Å². The Morgan fingerprint density at radius 2 is 1.82 bits per heavy atom. The Morgan fingerprint density at radius 3 is 2.52 bits per heavy atom. The Bertz CT molecular complexity index is 1630. The molecule has 0 radical (unpaired) electrons. The van der Waals surface area contributed by atoms with Crippen LogP contribution in [0, 0.1) is 5.92 Å². The average Bonchev–Trinajstić information content (AvgIpc) is 3.03. The molecule has 3 heterocycles. The van der Waals surface area contributed by atoms with Crippen molar-refractivity contribution in [3.05, 3.63) is 53.2 Å². The number of fused-ring (bicyclic) bond motifs is 1. The maximum Gasteiger partial charge on any atom is 0.416 e. The van der Waals surface area contributed by atoms with E-state index >= 15 is 0 Å². The maximum absolute atomic E-state index is 13.1. The third-order valence-electron chi connectivity index (χ3n) is 8.57. The zero-order chi connectivity index (χ0) is 36.5. The first-order valence-electron chi connectivity index (χ1n) is 17.5. The number of aryl methyl sites for hydroxylation is 3. The van der Waals surface area contributed by atoms with E-state index in [9.17, 15) is 27.6 Å². The molecule has 1 unspecified atom stereocenters. The molecular weight excluding hydrogens is 662 g/mol. The molecule has 0 spiro atoms. The number of hydrogen-bond donors (Lipinski definition) is 2. The number of ether oxygens (including phenoxy) is 2. The average molecular weight is 714 g/mol. The Balaban J connectivity index is 1.24. The fourth-order valence-electron chi connectivity index (χ4n) is 5.82. The molecule has 1 fully saturated rings. The molecule has 1 saturated heterocycles. The lowest BCUT2D eigenvalue weighted by Gasteiger charge is -2.37. The van der Waals surface area contributed by atoms with Gasteiger partial charge in [-0.1, -0.05) is 25.1 Å². The van der Waals surface area contributed by atoms with Crippen LogP contribution in [-0.2, 0) is 53.1 Å². The van der Waals surface area contributed by atoms with Gasteiger partial charge in [-0.25, -0.2) is 18.2 Å². The number of benzene rings is 1. The molecule has 2 N–H and O–H groups in total. The molecule has 1 aromatic carbocycles. The van der Waals surface area contributed by atoms with E-state index in [0.29, 0.717) is 38.0 Å². The largest absolute Gasteiger partial charge is 0.466 e. The van der Waals surface area contributed by atoms with Crippen molar-refractivity contribution >= 4 is 39.7 Å². The van der Waals surface area contributed by atoms with Crippen LogP contribution in [0.1, 0.15) is 83.5 Å². The Morgan fingerprint density at radius 1 is 1.06 bits per heavy atom. The quantitative estimate of drug-likeness (QED) is 0.206. The van der Waals surface area contributed by atoms with Gasteiger partial charge in [0.2, 0.25) is 21.8 Å². The standard InChI is InChI=1S/C36H51N5O8S/c1-6-25-12-10-15-30(20-25)50(46,47)40-23-27(24-40)34(44)39-29(21-32(43)48-7-2)22-37-31(42)16-9-8-14-28-18-17-26-13-11-19-41(33(26)38-28)35(45)49-36(3,4)5/h10,12,15,17-18,20,27,29H,6-9,11,13-14,16,19,21-24H2,1-5H3,(H,37,42)(H,39,44). The van der Waals surface area contributed by atoms with E-state index in [1.807, 2.05) is 45.9 Å². The number of unbranched alkanes of at least 4 members (excludes halogenated alkanes) is 1. The van der Waals surface area contributed by atoms with Gasteiger partial charge in [-0.2, -0.15) is 4.31 Å². The van der Waals surface area contributed by atoms with Crippen molar-refractivity contribution in [1.82, 2.24) is 19.9 Å². The minimum Gasteiger partial charge on any atom is -0.466 e. The zero-order valence-corrected chi connectivity index (χ0v) is 30.6. The summed E-state index contributed by atoms with van der Waals surface area (Å²) in [5, 5.41) is 5.62. The van der Waals surface area contributed by atoms with Gasteiger partial charge in [0.1, 0.15) is 11.4 Å². The lowest BCUT2D eigenvalue weighted by Crippen LogP contribution is -2.57. The molecule has 3 amide bonds. The van der Waals surface area contributed by atoms with Crippen molar-refractivity contribution in [2.45, 2.75) is 103 Å². The molecule has 0 bridgehead atoms. The van der Waals surface area contributed by atoms with Gasteiger partial charge in [-0.15, -0.1) is 0 Å². The number of carbonyl (C=O) groups excluding carboxylic acids is 4. The predicted octanol–water partition coefficient (Wildman–Crippen LogP) is 3.92. The first kappa shape index (κ1) is 38.8. The van der Waals surface area contributed by atoms with Crippen LogP contribution in [0.2, 0.25) is 0 Å². The number of nitrogens with one attached hydrogen (secondary N) is 2. The highest BCUT2D eigenvalue weighted by Crippen LogP contribution is 2.28. The Kier molecular flexibility index (Phi) is 13.4. The van der Waals surface area contributed by atoms with E-state index < -0.39 is 39.6 Å². The Hall–Kier alpha value is -4.04. The molecule has 2 aliphatic heterocycles. The summed E-state index contributed by atoms with van der Waals surface area (Å²) in [6.45, 7) is 9.94. The predicted molar refractivity (Wildman–Crippen MR) is 188 cm³/mol. The normalized spacial score (nSPS) is 15.7. The summed E-state index contributed by atoms with van der Waals surface area (Å²) < 4.78 is 38.0. The second-order valence-corrected chi connectivity index (χ2v) is 15.7. The van der Waals surface area contributed by atoms with Crippen LogP contribution in [0.15, 0.2) is 41.3 Å². The van der Waals surface area contributed by atoms with Gasteiger partial charge in [0.05, 0.1) is 29.9 Å². The number of hydrogen-bond acceptors (Lipinski definition) is 9. The van der Waals surface area contributed by atoms with Gasteiger partial charge in [0.25, 0.3) is 0 Å². The molecule has 50 heavy (non-hydrogen) atoms. The van der Waals surface area contributed by atoms with Crippen LogP contribution in [0.5, 0.6) is 0 Å². The van der Waals surface area contributed by atoms with Gasteiger partial charge in [0.15, 0.2) is 0 Å². The number of anilines is 1. The minimum atomic E-state index is -3.73. The molecule has 0 saturated carbocycles. The lowest BCUT2D eigenvalue weighted by atomic mass is 10.0. The van der Waals surface area contributed by atoms with Crippen molar-refractivity contribution in [3.8, 4) is 0 Å². The van der Waals surface area contributed by atoms with Crippen LogP contribution in [0.3, 0.4) is 0 Å². The zero-order valence-electron chi connectivity index (χ0n) is 29.8. The molecule has 13 nitrogen and oxygen atoms in total. The lowest BCUT2D eigenvalue weighted by molar-refractivity contribution is -0.144. The minimum absolute atomic E-state index is 0.0226. The van der Waals surface area contributed by atoms with Crippen LogP contribution >= 0.6 is 0 Å². The number of carbonyl (C=O) groups is 4. The third kappa shape index (κ3) is 10.7. The van der Waals surface area contributed by atoms with E-state index in [1.165, 1.54) is 4.31 Å². The maximum atomic E-state index is 13.1. The number of aromatic nitrogens is 1. The highest BCUT2D eigenvalue weighted by Gasteiger charge is 2.41. The summed E-state index contributed by atoms with van der Waals surface area (Å²) in [7, 11) is -3.73. The smallest absolute Gasteiger partial charge is 0.416 e. The van der Waals surface area contributed by atoms with Crippen molar-refractivity contribution in [2.75, 3.05) is 37.7 Å². The first-order valence-corrected chi connectivity index (χ1v) is 18.9. The summed E-state index contributed by atoms with van der Waals surface area (Å²) in [5.74, 6) is -1.06. The number of esters is 1. The second-order valence-electron chi connectivity index (χ2n) is 13.8. The highest BCUT2D eigenvalue weighted by molar-refractivity contribution is 7.89. The summed E-state index contributed by atoms with van der Waals surface area (Å²) in [6.07, 6.45) is 3.99. The molecule has 14 heteroatoms.